The first-order chi connectivity index (χ1) is 12.1. The Balaban J connectivity index is 2.05. The number of halogens is 4. The average Bonchev–Trinajstić information content (AvgIpc) is 2.53. The van der Waals surface area contributed by atoms with E-state index in [0.717, 1.165) is 18.2 Å². The minimum absolute atomic E-state index is 0.104. The standard InChI is InChI=1S/C18H15F4NO3/c19-14-6-2-4-12(8-14)9-15(17(25)26)23-16(24)10-11-3-1-5-13(7-11)18(20,21)22/h1-8,15H,9-10H2,(H,23,24)(H,25,26)/t15-/m0/s1. The fourth-order valence-electron chi connectivity index (χ4n) is 2.39. The molecule has 2 N–H and O–H groups in total. The van der Waals surface area contributed by atoms with Gasteiger partial charge in [0.25, 0.3) is 0 Å². The Bertz CT molecular complexity index is 805. The molecular weight excluding hydrogens is 354 g/mol. The van der Waals surface area contributed by atoms with Crippen LogP contribution in [0.2, 0.25) is 0 Å². The van der Waals surface area contributed by atoms with Gasteiger partial charge < -0.3 is 10.4 Å². The molecule has 138 valence electrons. The van der Waals surface area contributed by atoms with Gasteiger partial charge in [-0.2, -0.15) is 13.2 Å². The molecule has 0 radical (unpaired) electrons. The fraction of sp³-hybridized carbons (Fsp3) is 0.222. The van der Waals surface area contributed by atoms with E-state index in [4.69, 9.17) is 0 Å². The van der Waals surface area contributed by atoms with E-state index in [1.54, 1.807) is 0 Å². The summed E-state index contributed by atoms with van der Waals surface area (Å²) in [4.78, 5) is 23.3. The molecule has 0 unspecified atom stereocenters. The summed E-state index contributed by atoms with van der Waals surface area (Å²) < 4.78 is 51.2. The quantitative estimate of drug-likeness (QED) is 0.769. The summed E-state index contributed by atoms with van der Waals surface area (Å²) in [6.07, 6.45) is -5.09. The van der Waals surface area contributed by atoms with Crippen molar-refractivity contribution in [1.29, 1.82) is 0 Å². The topological polar surface area (TPSA) is 66.4 Å². The van der Waals surface area contributed by atoms with E-state index in [9.17, 15) is 32.3 Å². The molecule has 0 heterocycles. The maximum Gasteiger partial charge on any atom is 0.416 e. The minimum atomic E-state index is -4.53. The molecule has 1 atom stereocenters. The molecule has 2 aromatic rings. The Morgan fingerprint density at radius 1 is 1.04 bits per heavy atom. The van der Waals surface area contributed by atoms with Gasteiger partial charge in [0.2, 0.25) is 5.91 Å². The smallest absolute Gasteiger partial charge is 0.416 e. The largest absolute Gasteiger partial charge is 0.480 e. The van der Waals surface area contributed by atoms with Gasteiger partial charge in [-0.25, -0.2) is 9.18 Å². The summed E-state index contributed by atoms with van der Waals surface area (Å²) in [7, 11) is 0. The maximum atomic E-state index is 13.2. The van der Waals surface area contributed by atoms with Gasteiger partial charge in [0.05, 0.1) is 12.0 Å². The predicted molar refractivity (Wildman–Crippen MR) is 84.8 cm³/mol. The molecule has 0 spiro atoms. The number of hydrogen-bond acceptors (Lipinski definition) is 2. The van der Waals surface area contributed by atoms with Crippen molar-refractivity contribution in [2.24, 2.45) is 0 Å². The lowest BCUT2D eigenvalue weighted by Crippen LogP contribution is -2.43. The number of carbonyl (C=O) groups excluding carboxylic acids is 1. The van der Waals surface area contributed by atoms with Crippen LogP contribution < -0.4 is 5.32 Å². The van der Waals surface area contributed by atoms with Crippen LogP contribution in [0.1, 0.15) is 16.7 Å². The molecule has 2 rings (SSSR count). The molecule has 0 saturated carbocycles. The lowest BCUT2D eigenvalue weighted by Gasteiger charge is -2.15. The van der Waals surface area contributed by atoms with E-state index in [-0.39, 0.29) is 12.0 Å². The van der Waals surface area contributed by atoms with Crippen molar-refractivity contribution in [1.82, 2.24) is 5.32 Å². The van der Waals surface area contributed by atoms with Crippen molar-refractivity contribution in [2.75, 3.05) is 0 Å². The van der Waals surface area contributed by atoms with Crippen molar-refractivity contribution >= 4 is 11.9 Å². The van der Waals surface area contributed by atoms with Gasteiger partial charge in [0.1, 0.15) is 11.9 Å². The summed E-state index contributed by atoms with van der Waals surface area (Å²) in [5.74, 6) is -2.61. The lowest BCUT2D eigenvalue weighted by atomic mass is 10.0. The second-order valence-corrected chi connectivity index (χ2v) is 5.67. The van der Waals surface area contributed by atoms with Crippen LogP contribution in [0.4, 0.5) is 17.6 Å². The highest BCUT2D eigenvalue weighted by atomic mass is 19.4. The van der Waals surface area contributed by atoms with Gasteiger partial charge in [0, 0.05) is 6.42 Å². The predicted octanol–water partition coefficient (Wildman–Crippen LogP) is 3.20. The Hall–Kier alpha value is -2.90. The van der Waals surface area contributed by atoms with Gasteiger partial charge >= 0.3 is 12.1 Å². The van der Waals surface area contributed by atoms with Gasteiger partial charge in [-0.3, -0.25) is 4.79 Å². The number of carbonyl (C=O) groups is 2. The summed E-state index contributed by atoms with van der Waals surface area (Å²) in [5, 5.41) is 11.5. The first-order valence-corrected chi connectivity index (χ1v) is 7.58. The van der Waals surface area contributed by atoms with E-state index in [2.05, 4.69) is 5.32 Å². The van der Waals surface area contributed by atoms with Crippen molar-refractivity contribution in [2.45, 2.75) is 25.1 Å². The van der Waals surface area contributed by atoms with Crippen LogP contribution in [-0.2, 0) is 28.6 Å². The molecular formula is C18H15F4NO3. The molecule has 0 aromatic heterocycles. The van der Waals surface area contributed by atoms with Crippen LogP contribution in [0.15, 0.2) is 48.5 Å². The minimum Gasteiger partial charge on any atom is -0.480 e. The van der Waals surface area contributed by atoms with Crippen molar-refractivity contribution in [3.63, 3.8) is 0 Å². The normalized spacial score (nSPS) is 12.5. The summed E-state index contributed by atoms with van der Waals surface area (Å²) in [6, 6.07) is 8.18. The van der Waals surface area contributed by atoms with E-state index >= 15 is 0 Å². The molecule has 4 nitrogen and oxygen atoms in total. The Kier molecular flexibility index (Phi) is 5.97. The first kappa shape index (κ1) is 19.4. The van der Waals surface area contributed by atoms with Gasteiger partial charge in [-0.1, -0.05) is 30.3 Å². The molecule has 26 heavy (non-hydrogen) atoms. The zero-order chi connectivity index (χ0) is 19.3. The average molecular weight is 369 g/mol. The fourth-order valence-corrected chi connectivity index (χ4v) is 2.39. The molecule has 0 fully saturated rings. The van der Waals surface area contributed by atoms with Crippen LogP contribution >= 0.6 is 0 Å². The van der Waals surface area contributed by atoms with E-state index < -0.39 is 41.9 Å². The van der Waals surface area contributed by atoms with Crippen LogP contribution in [0.25, 0.3) is 0 Å². The van der Waals surface area contributed by atoms with E-state index in [1.807, 2.05) is 0 Å². The zero-order valence-electron chi connectivity index (χ0n) is 13.4. The number of carboxylic acid groups (broad SMARTS) is 1. The van der Waals surface area contributed by atoms with Crippen LogP contribution in [0, 0.1) is 5.82 Å². The highest BCUT2D eigenvalue weighted by molar-refractivity contribution is 5.85. The van der Waals surface area contributed by atoms with E-state index in [0.29, 0.717) is 5.56 Å². The lowest BCUT2D eigenvalue weighted by molar-refractivity contribution is -0.141. The number of nitrogens with one attached hydrogen (secondary N) is 1. The maximum absolute atomic E-state index is 13.2. The highest BCUT2D eigenvalue weighted by Crippen LogP contribution is 2.29. The number of aliphatic carboxylic acids is 1. The Morgan fingerprint density at radius 2 is 1.69 bits per heavy atom. The second-order valence-electron chi connectivity index (χ2n) is 5.67. The molecule has 8 heteroatoms. The molecule has 0 aliphatic rings. The van der Waals surface area contributed by atoms with Gasteiger partial charge in [-0.05, 0) is 29.3 Å². The number of alkyl halides is 3. The van der Waals surface area contributed by atoms with E-state index in [1.165, 1.54) is 30.3 Å². The third kappa shape index (κ3) is 5.58. The summed E-state index contributed by atoms with van der Waals surface area (Å²) in [6.45, 7) is 0. The molecule has 0 aliphatic heterocycles. The van der Waals surface area contributed by atoms with Crippen molar-refractivity contribution in [3.8, 4) is 0 Å². The number of benzene rings is 2. The van der Waals surface area contributed by atoms with Crippen molar-refractivity contribution < 1.29 is 32.3 Å². The number of hydrogen-bond donors (Lipinski definition) is 2. The van der Waals surface area contributed by atoms with Gasteiger partial charge in [-0.15, -0.1) is 0 Å². The molecule has 0 bridgehead atoms. The number of rotatable bonds is 6. The molecule has 1 amide bonds. The van der Waals surface area contributed by atoms with Crippen LogP contribution in [-0.4, -0.2) is 23.0 Å². The summed E-state index contributed by atoms with van der Waals surface area (Å²) >= 11 is 0. The summed E-state index contributed by atoms with van der Waals surface area (Å²) in [5.41, 5.74) is -0.415. The number of carboxylic acids is 1. The Morgan fingerprint density at radius 3 is 2.31 bits per heavy atom. The highest BCUT2D eigenvalue weighted by Gasteiger charge is 2.30. The monoisotopic (exact) mass is 369 g/mol. The van der Waals surface area contributed by atoms with Crippen LogP contribution in [0.3, 0.4) is 0 Å². The first-order valence-electron chi connectivity index (χ1n) is 7.58. The van der Waals surface area contributed by atoms with Crippen molar-refractivity contribution in [3.05, 3.63) is 71.0 Å². The molecule has 2 aromatic carbocycles. The van der Waals surface area contributed by atoms with Gasteiger partial charge in [0.15, 0.2) is 0 Å². The molecule has 0 aliphatic carbocycles. The Labute approximate surface area is 146 Å². The van der Waals surface area contributed by atoms with Crippen LogP contribution in [0.5, 0.6) is 0 Å². The second kappa shape index (κ2) is 7.99. The third-order valence-electron chi connectivity index (χ3n) is 3.58. The molecule has 0 saturated heterocycles. The third-order valence-corrected chi connectivity index (χ3v) is 3.58. The number of amides is 1. The zero-order valence-corrected chi connectivity index (χ0v) is 13.4. The SMILES string of the molecule is O=C(Cc1cccc(C(F)(F)F)c1)N[C@@H](Cc1cccc(F)c1)C(=O)O.